The lowest BCUT2D eigenvalue weighted by Crippen LogP contribution is -2.11. The molecule has 14 heavy (non-hydrogen) atoms. The summed E-state index contributed by atoms with van der Waals surface area (Å²) in [7, 11) is 0. The van der Waals surface area contributed by atoms with E-state index in [-0.39, 0.29) is 6.04 Å². The quantitative estimate of drug-likeness (QED) is 0.792. The van der Waals surface area contributed by atoms with Crippen LogP contribution in [-0.4, -0.2) is 0 Å². The number of hydrogen-bond donors (Lipinski definition) is 1. The maximum atomic E-state index is 8.95. The molecule has 74 valence electrons. The smallest absolute Gasteiger partial charge is 0.0995 e. The van der Waals surface area contributed by atoms with Crippen molar-refractivity contribution in [2.75, 3.05) is 0 Å². The third kappa shape index (κ3) is 2.34. The fraction of sp³-hybridized carbons (Fsp3) is 0.417. The summed E-state index contributed by atoms with van der Waals surface area (Å²) in [6.07, 6.45) is 1.97. The van der Waals surface area contributed by atoms with Crippen molar-refractivity contribution in [2.45, 2.75) is 32.7 Å². The van der Waals surface area contributed by atoms with Crippen molar-refractivity contribution < 1.29 is 0 Å². The summed E-state index contributed by atoms with van der Waals surface area (Å²) < 4.78 is 0. The first-order valence-electron chi connectivity index (χ1n) is 4.95. The fourth-order valence-corrected chi connectivity index (χ4v) is 1.56. The molecule has 0 unspecified atom stereocenters. The molecule has 0 bridgehead atoms. The van der Waals surface area contributed by atoms with Gasteiger partial charge in [-0.3, -0.25) is 0 Å². The molecule has 1 aromatic rings. The molecule has 0 aliphatic heterocycles. The van der Waals surface area contributed by atoms with Gasteiger partial charge in [-0.15, -0.1) is 0 Å². The Morgan fingerprint density at radius 2 is 2.21 bits per heavy atom. The molecule has 2 heteroatoms. The van der Waals surface area contributed by atoms with Crippen molar-refractivity contribution in [1.29, 1.82) is 5.26 Å². The van der Waals surface area contributed by atoms with Crippen molar-refractivity contribution in [2.24, 2.45) is 5.73 Å². The summed E-state index contributed by atoms with van der Waals surface area (Å²) in [5.41, 5.74) is 8.77. The van der Waals surface area contributed by atoms with Gasteiger partial charge in [-0.05, 0) is 30.5 Å². The van der Waals surface area contributed by atoms with Crippen LogP contribution in [0.4, 0.5) is 0 Å². The van der Waals surface area contributed by atoms with Gasteiger partial charge in [-0.2, -0.15) is 5.26 Å². The number of rotatable bonds is 3. The third-order valence-corrected chi connectivity index (χ3v) is 2.33. The van der Waals surface area contributed by atoms with E-state index in [0.29, 0.717) is 5.56 Å². The number of nitrogens with two attached hydrogens (primary N) is 1. The Balaban J connectivity index is 3.03. The van der Waals surface area contributed by atoms with Crippen molar-refractivity contribution >= 4 is 0 Å². The van der Waals surface area contributed by atoms with Gasteiger partial charge >= 0.3 is 0 Å². The largest absolute Gasteiger partial charge is 0.324 e. The Labute approximate surface area is 85.4 Å². The van der Waals surface area contributed by atoms with Gasteiger partial charge in [-0.1, -0.05) is 25.5 Å². The topological polar surface area (TPSA) is 49.8 Å². The molecule has 0 aliphatic rings. The van der Waals surface area contributed by atoms with E-state index in [2.05, 4.69) is 13.0 Å². The molecule has 0 heterocycles. The van der Waals surface area contributed by atoms with Gasteiger partial charge < -0.3 is 5.73 Å². The molecule has 1 atom stereocenters. The van der Waals surface area contributed by atoms with Crippen LogP contribution in [0, 0.1) is 18.3 Å². The first kappa shape index (κ1) is 10.7. The van der Waals surface area contributed by atoms with Crippen LogP contribution in [-0.2, 0) is 0 Å². The highest BCUT2D eigenvalue weighted by molar-refractivity contribution is 5.41. The molecule has 0 saturated carbocycles. The van der Waals surface area contributed by atoms with Crippen LogP contribution in [0.25, 0.3) is 0 Å². The van der Waals surface area contributed by atoms with Crippen molar-refractivity contribution in [3.63, 3.8) is 0 Å². The average molecular weight is 188 g/mol. The maximum absolute atomic E-state index is 8.95. The van der Waals surface area contributed by atoms with Crippen LogP contribution in [0.15, 0.2) is 18.2 Å². The summed E-state index contributed by atoms with van der Waals surface area (Å²) in [6, 6.07) is 8.06. The number of nitriles is 1. The predicted molar refractivity (Wildman–Crippen MR) is 57.7 cm³/mol. The predicted octanol–water partition coefficient (Wildman–Crippen LogP) is 2.67. The van der Waals surface area contributed by atoms with Crippen LogP contribution < -0.4 is 5.73 Å². The molecule has 0 spiro atoms. The van der Waals surface area contributed by atoms with Crippen LogP contribution in [0.1, 0.15) is 42.5 Å². The average Bonchev–Trinajstić information content (AvgIpc) is 2.17. The minimum absolute atomic E-state index is 0.00440. The van der Waals surface area contributed by atoms with E-state index >= 15 is 0 Å². The molecular formula is C12H16N2. The van der Waals surface area contributed by atoms with Crippen LogP contribution >= 0.6 is 0 Å². The van der Waals surface area contributed by atoms with Crippen molar-refractivity contribution in [3.8, 4) is 6.07 Å². The Kier molecular flexibility index (Phi) is 3.67. The summed E-state index contributed by atoms with van der Waals surface area (Å²) in [6.45, 7) is 4.08. The molecule has 2 N–H and O–H groups in total. The number of nitrogens with zero attached hydrogens (tertiary/aromatic N) is 1. The van der Waals surface area contributed by atoms with Gasteiger partial charge in [-0.25, -0.2) is 0 Å². The highest BCUT2D eigenvalue weighted by Gasteiger charge is 2.09. The first-order valence-corrected chi connectivity index (χ1v) is 4.95. The van der Waals surface area contributed by atoms with Gasteiger partial charge in [0.2, 0.25) is 0 Å². The van der Waals surface area contributed by atoms with E-state index in [9.17, 15) is 0 Å². The van der Waals surface area contributed by atoms with Gasteiger partial charge in [0.1, 0.15) is 0 Å². The number of aryl methyl sites for hydroxylation is 1. The molecule has 0 amide bonds. The van der Waals surface area contributed by atoms with Crippen LogP contribution in [0.5, 0.6) is 0 Å². The molecule has 0 aliphatic carbocycles. The lowest BCUT2D eigenvalue weighted by Gasteiger charge is -2.12. The van der Waals surface area contributed by atoms with Crippen LogP contribution in [0.2, 0.25) is 0 Å². The lowest BCUT2D eigenvalue weighted by atomic mass is 9.97. The zero-order valence-electron chi connectivity index (χ0n) is 8.75. The second-order valence-electron chi connectivity index (χ2n) is 3.60. The van der Waals surface area contributed by atoms with Gasteiger partial charge in [0.05, 0.1) is 11.6 Å². The Hall–Kier alpha value is -1.33. The van der Waals surface area contributed by atoms with Crippen molar-refractivity contribution in [1.82, 2.24) is 0 Å². The van der Waals surface area contributed by atoms with E-state index in [1.807, 2.05) is 25.1 Å². The van der Waals surface area contributed by atoms with E-state index in [1.54, 1.807) is 0 Å². The molecule has 0 aromatic heterocycles. The third-order valence-electron chi connectivity index (χ3n) is 2.33. The summed E-state index contributed by atoms with van der Waals surface area (Å²) in [4.78, 5) is 0. The van der Waals surface area contributed by atoms with E-state index in [4.69, 9.17) is 11.0 Å². The van der Waals surface area contributed by atoms with Gasteiger partial charge in [0.25, 0.3) is 0 Å². The minimum Gasteiger partial charge on any atom is -0.324 e. The second-order valence-corrected chi connectivity index (χ2v) is 3.60. The second kappa shape index (κ2) is 4.78. The van der Waals surface area contributed by atoms with E-state index in [0.717, 1.165) is 24.0 Å². The zero-order chi connectivity index (χ0) is 10.6. The first-order chi connectivity index (χ1) is 6.69. The Bertz CT molecular complexity index is 350. The molecule has 1 aromatic carbocycles. The summed E-state index contributed by atoms with van der Waals surface area (Å²) in [5.74, 6) is 0. The SMILES string of the molecule is CCC[C@@H](N)c1ccc(C)cc1C#N. The van der Waals surface area contributed by atoms with Crippen molar-refractivity contribution in [3.05, 3.63) is 34.9 Å². The summed E-state index contributed by atoms with van der Waals surface area (Å²) in [5, 5.41) is 8.95. The molecule has 0 fully saturated rings. The minimum atomic E-state index is -0.00440. The van der Waals surface area contributed by atoms with E-state index < -0.39 is 0 Å². The molecular weight excluding hydrogens is 172 g/mol. The Morgan fingerprint density at radius 1 is 1.50 bits per heavy atom. The maximum Gasteiger partial charge on any atom is 0.0995 e. The number of hydrogen-bond acceptors (Lipinski definition) is 2. The highest BCUT2D eigenvalue weighted by atomic mass is 14.6. The normalized spacial score (nSPS) is 12.1. The summed E-state index contributed by atoms with van der Waals surface area (Å²) >= 11 is 0. The lowest BCUT2D eigenvalue weighted by molar-refractivity contribution is 0.637. The van der Waals surface area contributed by atoms with Gasteiger partial charge in [0.15, 0.2) is 0 Å². The van der Waals surface area contributed by atoms with E-state index in [1.165, 1.54) is 0 Å². The van der Waals surface area contributed by atoms with Crippen LogP contribution in [0.3, 0.4) is 0 Å². The van der Waals surface area contributed by atoms with Gasteiger partial charge in [0, 0.05) is 6.04 Å². The zero-order valence-corrected chi connectivity index (χ0v) is 8.75. The standard InChI is InChI=1S/C12H16N2/c1-3-4-12(14)11-6-5-9(2)7-10(11)8-13/h5-7,12H,3-4,14H2,1-2H3/t12-/m1/s1. The fourth-order valence-electron chi connectivity index (χ4n) is 1.56. The number of benzene rings is 1. The molecule has 0 radical (unpaired) electrons. The highest BCUT2D eigenvalue weighted by Crippen LogP contribution is 2.20. The Morgan fingerprint density at radius 3 is 2.79 bits per heavy atom. The molecule has 1 rings (SSSR count). The monoisotopic (exact) mass is 188 g/mol. The molecule has 2 nitrogen and oxygen atoms in total. The molecule has 0 saturated heterocycles.